The molecule has 2 N–H and O–H groups in total. The largest absolute Gasteiger partial charge is 0.326 e. The highest BCUT2D eigenvalue weighted by Gasteiger charge is 2.40. The second kappa shape index (κ2) is 6.48. The van der Waals surface area contributed by atoms with Crippen molar-refractivity contribution in [1.29, 1.82) is 0 Å². The van der Waals surface area contributed by atoms with Crippen LogP contribution in [0.5, 0.6) is 0 Å². The first kappa shape index (κ1) is 16.5. The maximum atomic E-state index is 12.1. The number of carbonyl (C=O) groups excluding carboxylic acids is 3. The normalized spacial score (nSPS) is 17.9. The number of halogens is 1. The van der Waals surface area contributed by atoms with Crippen LogP contribution in [0.15, 0.2) is 22.7 Å². The summed E-state index contributed by atoms with van der Waals surface area (Å²) in [5.41, 5.74) is 1.65. The number of hydrogen-bond acceptors (Lipinski definition) is 3. The second-order valence-corrected chi connectivity index (χ2v) is 6.48. The highest BCUT2D eigenvalue weighted by Crippen LogP contribution is 2.23. The van der Waals surface area contributed by atoms with E-state index in [0.29, 0.717) is 5.69 Å². The molecule has 2 rings (SSSR count). The van der Waals surface area contributed by atoms with Crippen LogP contribution in [-0.4, -0.2) is 35.3 Å². The fraction of sp³-hybridized carbons (Fsp3) is 0.400. The third-order valence-electron chi connectivity index (χ3n) is 3.42. The summed E-state index contributed by atoms with van der Waals surface area (Å²) in [6, 6.07) is 4.41. The molecule has 0 radical (unpaired) electrons. The summed E-state index contributed by atoms with van der Waals surface area (Å²) >= 11 is 3.37. The van der Waals surface area contributed by atoms with Crippen molar-refractivity contribution in [1.82, 2.24) is 10.2 Å². The maximum absolute atomic E-state index is 12.1. The molecule has 1 fully saturated rings. The zero-order chi connectivity index (χ0) is 16.4. The maximum Gasteiger partial charge on any atom is 0.325 e. The summed E-state index contributed by atoms with van der Waals surface area (Å²) in [6.07, 6.45) is 0. The highest BCUT2D eigenvalue weighted by molar-refractivity contribution is 9.10. The van der Waals surface area contributed by atoms with Crippen molar-refractivity contribution in [2.75, 3.05) is 11.9 Å². The van der Waals surface area contributed by atoms with Crippen LogP contribution in [0.2, 0.25) is 0 Å². The molecule has 118 valence electrons. The molecule has 1 aromatic rings. The zero-order valence-electron chi connectivity index (χ0n) is 12.6. The molecule has 0 aliphatic carbocycles. The van der Waals surface area contributed by atoms with E-state index in [4.69, 9.17) is 0 Å². The Hall–Kier alpha value is -1.89. The Morgan fingerprint density at radius 1 is 1.41 bits per heavy atom. The molecule has 4 amide bonds. The van der Waals surface area contributed by atoms with E-state index in [2.05, 4.69) is 26.6 Å². The quantitative estimate of drug-likeness (QED) is 0.801. The van der Waals surface area contributed by atoms with Crippen molar-refractivity contribution in [2.24, 2.45) is 5.92 Å². The van der Waals surface area contributed by atoms with Crippen LogP contribution in [0.1, 0.15) is 19.4 Å². The Balaban J connectivity index is 2.03. The monoisotopic (exact) mass is 367 g/mol. The first-order valence-corrected chi connectivity index (χ1v) is 7.76. The lowest BCUT2D eigenvalue weighted by Gasteiger charge is -2.15. The van der Waals surface area contributed by atoms with Gasteiger partial charge in [-0.2, -0.15) is 0 Å². The molecule has 1 aliphatic rings. The predicted molar refractivity (Wildman–Crippen MR) is 86.4 cm³/mol. The van der Waals surface area contributed by atoms with Crippen LogP contribution < -0.4 is 10.6 Å². The van der Waals surface area contributed by atoms with E-state index in [1.165, 1.54) is 0 Å². The Morgan fingerprint density at radius 2 is 2.09 bits per heavy atom. The van der Waals surface area contributed by atoms with Gasteiger partial charge in [0, 0.05) is 4.47 Å². The number of nitrogens with zero attached hydrogens (tertiary/aromatic N) is 1. The van der Waals surface area contributed by atoms with Crippen molar-refractivity contribution in [2.45, 2.75) is 26.8 Å². The van der Waals surface area contributed by atoms with E-state index < -0.39 is 18.0 Å². The average Bonchev–Trinajstić information content (AvgIpc) is 2.70. The molecule has 0 bridgehead atoms. The molecule has 0 aromatic heterocycles. The number of aryl methyl sites for hydroxylation is 1. The van der Waals surface area contributed by atoms with Gasteiger partial charge in [0.1, 0.15) is 12.6 Å². The van der Waals surface area contributed by atoms with Gasteiger partial charge in [-0.15, -0.1) is 0 Å². The Morgan fingerprint density at radius 3 is 2.64 bits per heavy atom. The molecule has 0 saturated carbocycles. The number of benzene rings is 1. The predicted octanol–water partition coefficient (Wildman–Crippen LogP) is 2.27. The van der Waals surface area contributed by atoms with Crippen LogP contribution in [-0.2, 0) is 9.59 Å². The SMILES string of the molecule is Cc1ccc(NC(=O)CN2C(=O)N[C@H](C(C)C)C2=O)c(Br)c1. The number of anilines is 1. The molecule has 1 saturated heterocycles. The first-order chi connectivity index (χ1) is 10.3. The lowest BCUT2D eigenvalue weighted by atomic mass is 10.1. The molecule has 0 unspecified atom stereocenters. The van der Waals surface area contributed by atoms with E-state index in [0.717, 1.165) is 14.9 Å². The average molecular weight is 368 g/mol. The minimum absolute atomic E-state index is 0.0178. The van der Waals surface area contributed by atoms with Gasteiger partial charge in [-0.3, -0.25) is 14.5 Å². The second-order valence-electron chi connectivity index (χ2n) is 5.63. The Bertz CT molecular complexity index is 630. The van der Waals surface area contributed by atoms with Crippen LogP contribution in [0.3, 0.4) is 0 Å². The van der Waals surface area contributed by atoms with Crippen LogP contribution in [0, 0.1) is 12.8 Å². The molecule has 1 aromatic carbocycles. The number of urea groups is 1. The van der Waals surface area contributed by atoms with Gasteiger partial charge in [-0.1, -0.05) is 19.9 Å². The smallest absolute Gasteiger partial charge is 0.325 e. The summed E-state index contributed by atoms with van der Waals surface area (Å²) in [6.45, 7) is 5.33. The Kier molecular flexibility index (Phi) is 4.85. The third kappa shape index (κ3) is 3.47. The van der Waals surface area contributed by atoms with Gasteiger partial charge in [0.2, 0.25) is 5.91 Å². The number of carbonyl (C=O) groups is 3. The molecule has 1 aliphatic heterocycles. The summed E-state index contributed by atoms with van der Waals surface area (Å²) in [5, 5.41) is 5.28. The van der Waals surface area contributed by atoms with Crippen molar-refractivity contribution in [3.63, 3.8) is 0 Å². The van der Waals surface area contributed by atoms with Gasteiger partial charge in [0.25, 0.3) is 5.91 Å². The number of imide groups is 1. The fourth-order valence-electron chi connectivity index (χ4n) is 2.20. The van der Waals surface area contributed by atoms with E-state index >= 15 is 0 Å². The molecule has 6 nitrogen and oxygen atoms in total. The third-order valence-corrected chi connectivity index (χ3v) is 4.08. The highest BCUT2D eigenvalue weighted by atomic mass is 79.9. The van der Waals surface area contributed by atoms with Crippen molar-refractivity contribution in [3.05, 3.63) is 28.2 Å². The van der Waals surface area contributed by atoms with Gasteiger partial charge < -0.3 is 10.6 Å². The lowest BCUT2D eigenvalue weighted by Crippen LogP contribution is -2.39. The summed E-state index contributed by atoms with van der Waals surface area (Å²) in [4.78, 5) is 36.9. The molecule has 1 heterocycles. The summed E-state index contributed by atoms with van der Waals surface area (Å²) in [7, 11) is 0. The van der Waals surface area contributed by atoms with Gasteiger partial charge in [0.05, 0.1) is 5.69 Å². The standard InChI is InChI=1S/C15H18BrN3O3/c1-8(2)13-14(21)19(15(22)18-13)7-12(20)17-11-5-4-9(3)6-10(11)16/h4-6,8,13H,7H2,1-3H3,(H,17,20)(H,18,22)/t13-/m1/s1. The minimum Gasteiger partial charge on any atom is -0.326 e. The van der Waals surface area contributed by atoms with Crippen LogP contribution in [0.25, 0.3) is 0 Å². The number of hydrogen-bond donors (Lipinski definition) is 2. The number of amides is 4. The topological polar surface area (TPSA) is 78.5 Å². The van der Waals surface area contributed by atoms with Crippen LogP contribution in [0.4, 0.5) is 10.5 Å². The molecular formula is C15H18BrN3O3. The van der Waals surface area contributed by atoms with Gasteiger partial charge in [-0.25, -0.2) is 4.79 Å². The van der Waals surface area contributed by atoms with Crippen molar-refractivity contribution in [3.8, 4) is 0 Å². The van der Waals surface area contributed by atoms with E-state index in [-0.39, 0.29) is 18.4 Å². The Labute approximate surface area is 137 Å². The van der Waals surface area contributed by atoms with Gasteiger partial charge >= 0.3 is 6.03 Å². The van der Waals surface area contributed by atoms with Crippen LogP contribution >= 0.6 is 15.9 Å². The lowest BCUT2D eigenvalue weighted by molar-refractivity contribution is -0.131. The molecule has 22 heavy (non-hydrogen) atoms. The molecule has 7 heteroatoms. The molecular weight excluding hydrogens is 350 g/mol. The number of rotatable bonds is 4. The van der Waals surface area contributed by atoms with Crippen molar-refractivity contribution < 1.29 is 14.4 Å². The van der Waals surface area contributed by atoms with E-state index in [1.807, 2.05) is 32.9 Å². The van der Waals surface area contributed by atoms with Gasteiger partial charge in [0.15, 0.2) is 0 Å². The van der Waals surface area contributed by atoms with Crippen molar-refractivity contribution >= 4 is 39.5 Å². The first-order valence-electron chi connectivity index (χ1n) is 6.97. The minimum atomic E-state index is -0.564. The van der Waals surface area contributed by atoms with E-state index in [9.17, 15) is 14.4 Å². The molecule has 0 spiro atoms. The number of nitrogens with one attached hydrogen (secondary N) is 2. The fourth-order valence-corrected chi connectivity index (χ4v) is 2.79. The summed E-state index contributed by atoms with van der Waals surface area (Å²) < 4.78 is 0.748. The van der Waals surface area contributed by atoms with E-state index in [1.54, 1.807) is 6.07 Å². The molecule has 1 atom stereocenters. The summed E-state index contributed by atoms with van der Waals surface area (Å²) in [5.74, 6) is -0.800. The van der Waals surface area contributed by atoms with Gasteiger partial charge in [-0.05, 0) is 46.5 Å². The zero-order valence-corrected chi connectivity index (χ0v) is 14.2.